The molecule has 2 amide bonds. The highest BCUT2D eigenvalue weighted by molar-refractivity contribution is 6.01. The maximum Gasteiger partial charge on any atom is 0.338 e. The van der Waals surface area contributed by atoms with E-state index in [0.29, 0.717) is 36.9 Å². The Bertz CT molecular complexity index is 701. The Hall–Kier alpha value is -2.57. The Labute approximate surface area is 153 Å². The number of methoxy groups -OCH3 is 2. The van der Waals surface area contributed by atoms with Crippen LogP contribution in [0.15, 0.2) is 18.2 Å². The number of amides is 2. The summed E-state index contributed by atoms with van der Waals surface area (Å²) in [5.74, 6) is -0.166. The van der Waals surface area contributed by atoms with Crippen molar-refractivity contribution in [2.24, 2.45) is 5.92 Å². The lowest BCUT2D eigenvalue weighted by Gasteiger charge is -2.39. The van der Waals surface area contributed by atoms with Crippen molar-refractivity contribution in [3.8, 4) is 5.75 Å². The normalized spacial score (nSPS) is 17.5. The van der Waals surface area contributed by atoms with E-state index >= 15 is 0 Å². The number of carbonyl (C=O) groups is 3. The van der Waals surface area contributed by atoms with Crippen LogP contribution in [0.1, 0.15) is 41.5 Å². The zero-order valence-electron chi connectivity index (χ0n) is 15.9. The summed E-state index contributed by atoms with van der Waals surface area (Å²) in [5, 5.41) is 0. The standard InChI is InChI=1S/C19H26N2O5/c1-12(2)11-20-6-7-21(13(3)17(20)22)18(23)14-8-15(19(24)26-5)10-16(9-14)25-4/h8-10,12-13H,6-7,11H2,1-5H3. The fraction of sp³-hybridized carbons (Fsp3) is 0.526. The summed E-state index contributed by atoms with van der Waals surface area (Å²) in [7, 11) is 2.74. The van der Waals surface area contributed by atoms with Gasteiger partial charge in [0.25, 0.3) is 5.91 Å². The van der Waals surface area contributed by atoms with E-state index in [-0.39, 0.29) is 17.4 Å². The number of benzene rings is 1. The van der Waals surface area contributed by atoms with Gasteiger partial charge in [-0.1, -0.05) is 13.8 Å². The molecule has 0 spiro atoms. The van der Waals surface area contributed by atoms with Crippen LogP contribution in [0.25, 0.3) is 0 Å². The molecule has 1 atom stereocenters. The fourth-order valence-corrected chi connectivity index (χ4v) is 3.07. The van der Waals surface area contributed by atoms with Gasteiger partial charge in [0.1, 0.15) is 11.8 Å². The lowest BCUT2D eigenvalue weighted by molar-refractivity contribution is -0.140. The van der Waals surface area contributed by atoms with E-state index in [9.17, 15) is 14.4 Å². The predicted octanol–water partition coefficient (Wildman–Crippen LogP) is 1.81. The van der Waals surface area contributed by atoms with Gasteiger partial charge in [0.15, 0.2) is 0 Å². The molecule has 1 saturated heterocycles. The van der Waals surface area contributed by atoms with Crippen molar-refractivity contribution in [2.45, 2.75) is 26.8 Å². The Morgan fingerprint density at radius 1 is 1.15 bits per heavy atom. The largest absolute Gasteiger partial charge is 0.497 e. The van der Waals surface area contributed by atoms with Crippen molar-refractivity contribution in [1.29, 1.82) is 0 Å². The molecule has 1 aliphatic rings. The quantitative estimate of drug-likeness (QED) is 0.747. The summed E-state index contributed by atoms with van der Waals surface area (Å²) in [4.78, 5) is 40.7. The van der Waals surface area contributed by atoms with Gasteiger partial charge in [0, 0.05) is 25.2 Å². The molecule has 0 N–H and O–H groups in total. The van der Waals surface area contributed by atoms with Crippen LogP contribution in [-0.2, 0) is 9.53 Å². The van der Waals surface area contributed by atoms with Crippen LogP contribution in [-0.4, -0.2) is 67.5 Å². The fourth-order valence-electron chi connectivity index (χ4n) is 3.07. The Balaban J connectivity index is 2.26. The second-order valence-electron chi connectivity index (χ2n) is 6.79. The highest BCUT2D eigenvalue weighted by Gasteiger charge is 2.35. The van der Waals surface area contributed by atoms with Crippen LogP contribution in [0.3, 0.4) is 0 Å². The van der Waals surface area contributed by atoms with Crippen LogP contribution in [0, 0.1) is 5.92 Å². The van der Waals surface area contributed by atoms with Gasteiger partial charge in [-0.25, -0.2) is 4.79 Å². The first-order valence-electron chi connectivity index (χ1n) is 8.65. The van der Waals surface area contributed by atoms with Crippen molar-refractivity contribution in [3.05, 3.63) is 29.3 Å². The maximum atomic E-state index is 13.0. The zero-order chi connectivity index (χ0) is 19.4. The molecule has 7 nitrogen and oxygen atoms in total. The molecule has 7 heteroatoms. The van der Waals surface area contributed by atoms with Crippen LogP contribution in [0.5, 0.6) is 5.75 Å². The molecule has 1 fully saturated rings. The number of hydrogen-bond donors (Lipinski definition) is 0. The highest BCUT2D eigenvalue weighted by atomic mass is 16.5. The summed E-state index contributed by atoms with van der Waals surface area (Å²) in [6, 6.07) is 3.99. The number of piperazine rings is 1. The Morgan fingerprint density at radius 3 is 2.38 bits per heavy atom. The van der Waals surface area contributed by atoms with Gasteiger partial charge < -0.3 is 19.3 Å². The number of nitrogens with zero attached hydrogens (tertiary/aromatic N) is 2. The summed E-state index contributed by atoms with van der Waals surface area (Å²) >= 11 is 0. The van der Waals surface area contributed by atoms with E-state index in [1.54, 1.807) is 17.9 Å². The van der Waals surface area contributed by atoms with Gasteiger partial charge in [-0.3, -0.25) is 9.59 Å². The minimum absolute atomic E-state index is 0.0608. The number of ether oxygens (including phenoxy) is 2. The Kier molecular flexibility index (Phi) is 6.23. The smallest absolute Gasteiger partial charge is 0.338 e. The number of esters is 1. The first kappa shape index (κ1) is 19.8. The molecule has 142 valence electrons. The van der Waals surface area contributed by atoms with Gasteiger partial charge in [0.05, 0.1) is 19.8 Å². The number of hydrogen-bond acceptors (Lipinski definition) is 5. The van der Waals surface area contributed by atoms with Gasteiger partial charge >= 0.3 is 5.97 Å². The molecule has 2 rings (SSSR count). The summed E-state index contributed by atoms with van der Waals surface area (Å²) in [5.41, 5.74) is 0.523. The van der Waals surface area contributed by atoms with Crippen LogP contribution >= 0.6 is 0 Å². The maximum absolute atomic E-state index is 13.0. The van der Waals surface area contributed by atoms with E-state index in [1.807, 2.05) is 0 Å². The predicted molar refractivity (Wildman–Crippen MR) is 96.3 cm³/mol. The lowest BCUT2D eigenvalue weighted by Crippen LogP contribution is -2.58. The Morgan fingerprint density at radius 2 is 1.81 bits per heavy atom. The average Bonchev–Trinajstić information content (AvgIpc) is 2.63. The number of carbonyl (C=O) groups excluding carboxylic acids is 3. The van der Waals surface area contributed by atoms with Gasteiger partial charge in [-0.2, -0.15) is 0 Å². The van der Waals surface area contributed by atoms with Gasteiger partial charge in [0.2, 0.25) is 5.91 Å². The first-order chi connectivity index (χ1) is 12.3. The molecular weight excluding hydrogens is 336 g/mol. The summed E-state index contributed by atoms with van der Waals surface area (Å²) < 4.78 is 9.91. The molecule has 1 aliphatic heterocycles. The second-order valence-corrected chi connectivity index (χ2v) is 6.79. The molecule has 26 heavy (non-hydrogen) atoms. The van der Waals surface area contributed by atoms with E-state index in [0.717, 1.165) is 0 Å². The zero-order valence-corrected chi connectivity index (χ0v) is 15.9. The van der Waals surface area contributed by atoms with E-state index < -0.39 is 12.0 Å². The highest BCUT2D eigenvalue weighted by Crippen LogP contribution is 2.22. The minimum Gasteiger partial charge on any atom is -0.497 e. The van der Waals surface area contributed by atoms with E-state index in [1.165, 1.54) is 31.3 Å². The monoisotopic (exact) mass is 362 g/mol. The molecule has 0 bridgehead atoms. The van der Waals surface area contributed by atoms with Crippen molar-refractivity contribution >= 4 is 17.8 Å². The van der Waals surface area contributed by atoms with Gasteiger partial charge in [-0.05, 0) is 31.0 Å². The molecule has 0 aliphatic carbocycles. The lowest BCUT2D eigenvalue weighted by atomic mass is 10.1. The van der Waals surface area contributed by atoms with Gasteiger partial charge in [-0.15, -0.1) is 0 Å². The van der Waals surface area contributed by atoms with Crippen LogP contribution in [0.4, 0.5) is 0 Å². The molecule has 1 heterocycles. The first-order valence-corrected chi connectivity index (χ1v) is 8.65. The van der Waals surface area contributed by atoms with Crippen LogP contribution < -0.4 is 4.74 Å². The average molecular weight is 362 g/mol. The second kappa shape index (κ2) is 8.21. The third-order valence-electron chi connectivity index (χ3n) is 4.40. The van der Waals surface area contributed by atoms with E-state index in [2.05, 4.69) is 13.8 Å². The number of rotatable bonds is 5. The topological polar surface area (TPSA) is 76.2 Å². The molecule has 1 unspecified atom stereocenters. The van der Waals surface area contributed by atoms with Crippen molar-refractivity contribution < 1.29 is 23.9 Å². The summed E-state index contributed by atoms with van der Waals surface area (Å²) in [6.45, 7) is 7.47. The minimum atomic E-state index is -0.553. The van der Waals surface area contributed by atoms with Crippen molar-refractivity contribution in [2.75, 3.05) is 33.9 Å². The SMILES string of the molecule is COC(=O)c1cc(OC)cc(C(=O)N2CCN(CC(C)C)C(=O)C2C)c1. The van der Waals surface area contributed by atoms with Crippen LogP contribution in [0.2, 0.25) is 0 Å². The molecular formula is C19H26N2O5. The molecule has 1 aromatic rings. The molecule has 1 aromatic carbocycles. The van der Waals surface area contributed by atoms with E-state index in [4.69, 9.17) is 9.47 Å². The van der Waals surface area contributed by atoms with Crippen molar-refractivity contribution in [1.82, 2.24) is 9.80 Å². The third kappa shape index (κ3) is 4.15. The van der Waals surface area contributed by atoms with Crippen molar-refractivity contribution in [3.63, 3.8) is 0 Å². The summed E-state index contributed by atoms with van der Waals surface area (Å²) in [6.07, 6.45) is 0. The third-order valence-corrected chi connectivity index (χ3v) is 4.40. The molecule has 0 radical (unpaired) electrons. The molecule has 0 aromatic heterocycles. The molecule has 0 saturated carbocycles.